The van der Waals surface area contributed by atoms with Crippen LogP contribution in [0.1, 0.15) is 16.7 Å². The number of amides is 1. The van der Waals surface area contributed by atoms with Crippen LogP contribution in [-0.4, -0.2) is 16.7 Å². The highest BCUT2D eigenvalue weighted by Gasteiger charge is 2.30. The first-order valence-electron chi connectivity index (χ1n) is 12.3. The van der Waals surface area contributed by atoms with E-state index < -0.39 is 17.6 Å². The molecule has 39 heavy (non-hydrogen) atoms. The molecule has 0 saturated heterocycles. The van der Waals surface area contributed by atoms with Gasteiger partial charge >= 0.3 is 6.18 Å². The molecule has 1 N–H and O–H groups in total. The summed E-state index contributed by atoms with van der Waals surface area (Å²) >= 11 is 0. The van der Waals surface area contributed by atoms with E-state index in [2.05, 4.69) is 15.1 Å². The second kappa shape index (κ2) is 11.2. The Labute approximate surface area is 224 Å². The Bertz CT molecular complexity index is 1590. The average molecular weight is 524 g/mol. The fraction of sp³-hybridized carbons (Fsp3) is 0.0625. The van der Waals surface area contributed by atoms with Crippen molar-refractivity contribution in [2.45, 2.75) is 12.6 Å². The van der Waals surface area contributed by atoms with Crippen LogP contribution in [0.4, 0.5) is 13.2 Å². The van der Waals surface area contributed by atoms with E-state index in [-0.39, 0.29) is 12.0 Å². The van der Waals surface area contributed by atoms with E-state index in [1.165, 1.54) is 12.1 Å². The van der Waals surface area contributed by atoms with Gasteiger partial charge in [-0.3, -0.25) is 4.79 Å². The van der Waals surface area contributed by atoms with Crippen molar-refractivity contribution in [3.05, 3.63) is 138 Å². The van der Waals surface area contributed by atoms with Gasteiger partial charge in [0.2, 0.25) is 5.91 Å². The van der Waals surface area contributed by atoms with E-state index in [4.69, 9.17) is 0 Å². The summed E-state index contributed by atoms with van der Waals surface area (Å²) in [6, 6.07) is 36.5. The summed E-state index contributed by atoms with van der Waals surface area (Å²) in [5, 5.41) is 4.18. The van der Waals surface area contributed by atoms with Gasteiger partial charge < -0.3 is 4.57 Å². The normalized spacial score (nSPS) is 11.6. The summed E-state index contributed by atoms with van der Waals surface area (Å²) in [5.41, 5.74) is 7.45. The predicted molar refractivity (Wildman–Crippen MR) is 148 cm³/mol. The highest BCUT2D eigenvalue weighted by atomic mass is 19.4. The highest BCUT2D eigenvalue weighted by molar-refractivity contribution is 5.94. The Hall–Kier alpha value is -4.91. The average Bonchev–Trinajstić information content (AvgIpc) is 3.33. The highest BCUT2D eigenvalue weighted by Crippen LogP contribution is 2.35. The minimum Gasteiger partial charge on any atom is -0.309 e. The first-order valence-corrected chi connectivity index (χ1v) is 12.3. The van der Waals surface area contributed by atoms with E-state index >= 15 is 0 Å². The summed E-state index contributed by atoms with van der Waals surface area (Å²) in [7, 11) is 0. The molecule has 0 fully saturated rings. The van der Waals surface area contributed by atoms with Crippen molar-refractivity contribution in [1.29, 1.82) is 0 Å². The zero-order valence-electron chi connectivity index (χ0n) is 20.8. The monoisotopic (exact) mass is 523 g/mol. The van der Waals surface area contributed by atoms with Crippen molar-refractivity contribution in [3.8, 4) is 28.2 Å². The van der Waals surface area contributed by atoms with E-state index in [9.17, 15) is 18.0 Å². The lowest BCUT2D eigenvalue weighted by Crippen LogP contribution is -2.20. The van der Waals surface area contributed by atoms with Crippen molar-refractivity contribution in [1.82, 2.24) is 9.99 Å². The minimum absolute atomic E-state index is 0.229. The molecule has 1 amide bonds. The lowest BCUT2D eigenvalue weighted by molar-refractivity contribution is -0.137. The minimum atomic E-state index is -4.47. The summed E-state index contributed by atoms with van der Waals surface area (Å²) in [5.74, 6) is -0.516. The van der Waals surface area contributed by atoms with Crippen LogP contribution in [0.2, 0.25) is 0 Å². The predicted octanol–water partition coefficient (Wildman–Crippen LogP) is 7.52. The fourth-order valence-corrected chi connectivity index (χ4v) is 4.44. The molecular weight excluding hydrogens is 499 g/mol. The Morgan fingerprint density at radius 2 is 1.38 bits per heavy atom. The molecular formula is C32H24F3N3O. The van der Waals surface area contributed by atoms with Crippen LogP contribution in [0.5, 0.6) is 0 Å². The Kier molecular flexibility index (Phi) is 7.41. The van der Waals surface area contributed by atoms with Gasteiger partial charge in [0.15, 0.2) is 0 Å². The molecule has 4 nitrogen and oxygen atoms in total. The molecule has 0 bridgehead atoms. The van der Waals surface area contributed by atoms with Gasteiger partial charge in [0.05, 0.1) is 29.6 Å². The number of aromatic nitrogens is 1. The smallest absolute Gasteiger partial charge is 0.309 e. The molecule has 0 unspecified atom stereocenters. The molecule has 0 spiro atoms. The van der Waals surface area contributed by atoms with Crippen LogP contribution in [-0.2, 0) is 17.4 Å². The number of hydrogen-bond donors (Lipinski definition) is 1. The third kappa shape index (κ3) is 5.99. The van der Waals surface area contributed by atoms with Crippen molar-refractivity contribution in [2.24, 2.45) is 5.10 Å². The zero-order valence-corrected chi connectivity index (χ0v) is 20.8. The number of para-hydroxylation sites is 1. The van der Waals surface area contributed by atoms with Gasteiger partial charge in [-0.15, -0.1) is 0 Å². The quantitative estimate of drug-likeness (QED) is 0.174. The number of benzene rings is 4. The van der Waals surface area contributed by atoms with Crippen LogP contribution < -0.4 is 5.43 Å². The number of hydrogen-bond acceptors (Lipinski definition) is 2. The van der Waals surface area contributed by atoms with E-state index in [0.717, 1.165) is 45.9 Å². The van der Waals surface area contributed by atoms with Gasteiger partial charge in [-0.2, -0.15) is 18.3 Å². The Morgan fingerprint density at radius 3 is 2.03 bits per heavy atom. The molecule has 1 heterocycles. The van der Waals surface area contributed by atoms with E-state index in [0.29, 0.717) is 0 Å². The molecule has 0 aliphatic heterocycles. The van der Waals surface area contributed by atoms with Gasteiger partial charge in [0.25, 0.3) is 0 Å². The summed E-state index contributed by atoms with van der Waals surface area (Å²) < 4.78 is 41.2. The summed E-state index contributed by atoms with van der Waals surface area (Å²) in [6.07, 6.45) is -3.13. The maximum Gasteiger partial charge on any atom is 0.416 e. The number of carbonyl (C=O) groups excluding carboxylic acids is 1. The summed E-state index contributed by atoms with van der Waals surface area (Å²) in [4.78, 5) is 12.5. The summed E-state index contributed by atoms with van der Waals surface area (Å²) in [6.45, 7) is 0. The lowest BCUT2D eigenvalue weighted by Gasteiger charge is -2.15. The van der Waals surface area contributed by atoms with Gasteiger partial charge in [-0.05, 0) is 41.0 Å². The van der Waals surface area contributed by atoms with Crippen LogP contribution in [0, 0.1) is 0 Å². The molecule has 0 aliphatic carbocycles. The number of alkyl halides is 3. The number of nitrogens with one attached hydrogen (secondary N) is 1. The molecule has 0 radical (unpaired) electrons. The van der Waals surface area contributed by atoms with Crippen LogP contribution >= 0.6 is 0 Å². The van der Waals surface area contributed by atoms with Gasteiger partial charge in [-0.25, -0.2) is 5.43 Å². The zero-order chi connectivity index (χ0) is 27.2. The maximum absolute atomic E-state index is 13.0. The lowest BCUT2D eigenvalue weighted by atomic mass is 10.1. The van der Waals surface area contributed by atoms with Gasteiger partial charge in [0.1, 0.15) is 0 Å². The second-order valence-electron chi connectivity index (χ2n) is 8.90. The van der Waals surface area contributed by atoms with Crippen molar-refractivity contribution in [2.75, 3.05) is 0 Å². The second-order valence-corrected chi connectivity index (χ2v) is 8.90. The Balaban J connectivity index is 1.50. The SMILES string of the molecule is O=C(Cc1cccc(C(F)(F)F)c1)N/N=C\c1cc(-c2ccccc2)n(-c2ccccc2)c1-c1ccccc1. The number of halogens is 3. The van der Waals surface area contributed by atoms with Crippen LogP contribution in [0.15, 0.2) is 126 Å². The first-order chi connectivity index (χ1) is 18.9. The number of hydrazone groups is 1. The number of rotatable bonds is 7. The van der Waals surface area contributed by atoms with Crippen molar-refractivity contribution in [3.63, 3.8) is 0 Å². The molecule has 0 saturated carbocycles. The van der Waals surface area contributed by atoms with Gasteiger partial charge in [0, 0.05) is 11.3 Å². The Morgan fingerprint density at radius 1 is 0.769 bits per heavy atom. The molecule has 4 aromatic carbocycles. The molecule has 0 aliphatic rings. The third-order valence-electron chi connectivity index (χ3n) is 6.17. The van der Waals surface area contributed by atoms with Crippen LogP contribution in [0.3, 0.4) is 0 Å². The molecule has 5 aromatic rings. The standard InChI is InChI=1S/C32H24F3N3O/c33-32(34,35)27-16-10-11-23(19-27)20-30(39)37-36-22-26-21-29(24-12-4-1-5-13-24)38(28-17-8-3-9-18-28)31(26)25-14-6-2-7-15-25/h1-19,21-22H,20H2,(H,37,39)/b36-22-. The van der Waals surface area contributed by atoms with E-state index in [1.54, 1.807) is 6.21 Å². The molecule has 1 aromatic heterocycles. The van der Waals surface area contributed by atoms with Gasteiger partial charge in [-0.1, -0.05) is 97.1 Å². The number of nitrogens with zero attached hydrogens (tertiary/aromatic N) is 2. The fourth-order valence-electron chi connectivity index (χ4n) is 4.44. The van der Waals surface area contributed by atoms with Crippen molar-refractivity contribution >= 4 is 12.1 Å². The number of carbonyl (C=O) groups is 1. The third-order valence-corrected chi connectivity index (χ3v) is 6.17. The molecule has 7 heteroatoms. The topological polar surface area (TPSA) is 46.4 Å². The van der Waals surface area contributed by atoms with Crippen LogP contribution in [0.25, 0.3) is 28.2 Å². The first kappa shape index (κ1) is 25.7. The molecule has 194 valence electrons. The van der Waals surface area contributed by atoms with Crippen molar-refractivity contribution < 1.29 is 18.0 Å². The molecule has 5 rings (SSSR count). The molecule has 0 atom stereocenters. The van der Waals surface area contributed by atoms with E-state index in [1.807, 2.05) is 97.1 Å². The largest absolute Gasteiger partial charge is 0.416 e. The maximum atomic E-state index is 13.0.